The number of amides is 2. The Morgan fingerprint density at radius 1 is 1.12 bits per heavy atom. The second kappa shape index (κ2) is 8.32. The van der Waals surface area contributed by atoms with Crippen LogP contribution in [0, 0.1) is 5.82 Å². The molecule has 4 nitrogen and oxygen atoms in total. The van der Waals surface area contributed by atoms with Crippen molar-refractivity contribution in [1.29, 1.82) is 0 Å². The van der Waals surface area contributed by atoms with Gasteiger partial charge in [-0.3, -0.25) is 9.59 Å². The van der Waals surface area contributed by atoms with Crippen molar-refractivity contribution in [3.63, 3.8) is 0 Å². The first-order valence-electron chi connectivity index (χ1n) is 8.60. The maximum Gasteiger partial charge on any atom is 0.253 e. The van der Waals surface area contributed by atoms with Crippen molar-refractivity contribution < 1.29 is 14.0 Å². The van der Waals surface area contributed by atoms with E-state index in [0.29, 0.717) is 36.5 Å². The molecule has 3 rings (SSSR count). The van der Waals surface area contributed by atoms with Crippen LogP contribution < -0.4 is 5.32 Å². The molecule has 1 saturated heterocycles. The van der Waals surface area contributed by atoms with Crippen LogP contribution in [0.15, 0.2) is 48.5 Å². The summed E-state index contributed by atoms with van der Waals surface area (Å²) in [5, 5.41) is 3.54. The number of carbonyl (C=O) groups excluding carboxylic acids is 2. The summed E-state index contributed by atoms with van der Waals surface area (Å²) >= 11 is 5.94. The Hall–Kier alpha value is -2.40. The Kier molecular flexibility index (Phi) is 5.89. The number of likely N-dealkylation sites (tertiary alicyclic amines) is 1. The minimum Gasteiger partial charge on any atom is -0.353 e. The summed E-state index contributed by atoms with van der Waals surface area (Å²) in [6, 6.07) is 12.9. The molecule has 1 fully saturated rings. The fraction of sp³-hybridized carbons (Fsp3) is 0.300. The zero-order valence-electron chi connectivity index (χ0n) is 14.3. The standard InChI is InChI=1S/C20H20ClFN2O2/c21-16-3-1-2-15(13-16)20(26)24-10-8-18(9-11-24)23-19(25)12-14-4-6-17(22)7-5-14/h1-7,13,18H,8-12H2,(H,23,25). The van der Waals surface area contributed by atoms with Gasteiger partial charge >= 0.3 is 0 Å². The van der Waals surface area contributed by atoms with Crippen molar-refractivity contribution in [3.05, 3.63) is 70.5 Å². The number of halogens is 2. The molecule has 0 radical (unpaired) electrons. The number of hydrogen-bond donors (Lipinski definition) is 1. The molecule has 0 bridgehead atoms. The van der Waals surface area contributed by atoms with Gasteiger partial charge in [-0.1, -0.05) is 29.8 Å². The van der Waals surface area contributed by atoms with E-state index in [1.165, 1.54) is 12.1 Å². The smallest absolute Gasteiger partial charge is 0.253 e. The Balaban J connectivity index is 1.48. The third-order valence-electron chi connectivity index (χ3n) is 4.50. The second-order valence-electron chi connectivity index (χ2n) is 6.45. The lowest BCUT2D eigenvalue weighted by atomic mass is 10.0. The number of rotatable bonds is 4. The molecule has 6 heteroatoms. The second-order valence-corrected chi connectivity index (χ2v) is 6.88. The predicted octanol–water partition coefficient (Wildman–Crippen LogP) is 3.44. The molecule has 0 aromatic heterocycles. The molecular weight excluding hydrogens is 355 g/mol. The van der Waals surface area contributed by atoms with E-state index in [0.717, 1.165) is 5.56 Å². The number of carbonyl (C=O) groups is 2. The predicted molar refractivity (Wildman–Crippen MR) is 98.6 cm³/mol. The number of hydrogen-bond acceptors (Lipinski definition) is 2. The van der Waals surface area contributed by atoms with Crippen LogP contribution in [0.1, 0.15) is 28.8 Å². The topological polar surface area (TPSA) is 49.4 Å². The molecule has 0 aliphatic carbocycles. The van der Waals surface area contributed by atoms with E-state index >= 15 is 0 Å². The number of nitrogens with one attached hydrogen (secondary N) is 1. The quantitative estimate of drug-likeness (QED) is 0.891. The van der Waals surface area contributed by atoms with E-state index < -0.39 is 0 Å². The van der Waals surface area contributed by atoms with Gasteiger partial charge < -0.3 is 10.2 Å². The molecule has 136 valence electrons. The molecule has 0 atom stereocenters. The molecule has 2 aromatic rings. The highest BCUT2D eigenvalue weighted by Crippen LogP contribution is 2.17. The van der Waals surface area contributed by atoms with Crippen molar-refractivity contribution >= 4 is 23.4 Å². The van der Waals surface area contributed by atoms with Gasteiger partial charge in [0.15, 0.2) is 0 Å². The lowest BCUT2D eigenvalue weighted by molar-refractivity contribution is -0.121. The van der Waals surface area contributed by atoms with Crippen LogP contribution in [0.5, 0.6) is 0 Å². The zero-order chi connectivity index (χ0) is 18.5. The van der Waals surface area contributed by atoms with Gasteiger partial charge in [-0.15, -0.1) is 0 Å². The first-order valence-corrected chi connectivity index (χ1v) is 8.98. The van der Waals surface area contributed by atoms with Crippen LogP contribution in [0.25, 0.3) is 0 Å². The average molecular weight is 375 g/mol. The Labute approximate surface area is 157 Å². The van der Waals surface area contributed by atoms with Gasteiger partial charge in [0.1, 0.15) is 5.82 Å². The van der Waals surface area contributed by atoms with Gasteiger partial charge in [0.05, 0.1) is 6.42 Å². The molecule has 2 amide bonds. The average Bonchev–Trinajstić information content (AvgIpc) is 2.64. The van der Waals surface area contributed by atoms with Crippen molar-refractivity contribution in [3.8, 4) is 0 Å². The van der Waals surface area contributed by atoms with Gasteiger partial charge in [0, 0.05) is 29.7 Å². The van der Waals surface area contributed by atoms with Crippen LogP contribution in [-0.4, -0.2) is 35.8 Å². The fourth-order valence-corrected chi connectivity index (χ4v) is 3.29. The summed E-state index contributed by atoms with van der Waals surface area (Å²) in [5.41, 5.74) is 1.36. The van der Waals surface area contributed by atoms with Crippen molar-refractivity contribution in [2.75, 3.05) is 13.1 Å². The molecule has 0 spiro atoms. The molecule has 26 heavy (non-hydrogen) atoms. The highest BCUT2D eigenvalue weighted by molar-refractivity contribution is 6.30. The van der Waals surface area contributed by atoms with Crippen LogP contribution in [0.2, 0.25) is 5.02 Å². The maximum absolute atomic E-state index is 12.9. The van der Waals surface area contributed by atoms with E-state index in [1.54, 1.807) is 41.3 Å². The summed E-state index contributed by atoms with van der Waals surface area (Å²) in [4.78, 5) is 26.4. The van der Waals surface area contributed by atoms with Crippen LogP contribution in [0.4, 0.5) is 4.39 Å². The molecule has 0 unspecified atom stereocenters. The maximum atomic E-state index is 12.9. The van der Waals surface area contributed by atoms with Gasteiger partial charge in [-0.25, -0.2) is 4.39 Å². The lowest BCUT2D eigenvalue weighted by Crippen LogP contribution is -2.46. The molecule has 0 saturated carbocycles. The Morgan fingerprint density at radius 2 is 1.81 bits per heavy atom. The third-order valence-corrected chi connectivity index (χ3v) is 4.73. The van der Waals surface area contributed by atoms with Gasteiger partial charge in [-0.05, 0) is 48.7 Å². The third kappa shape index (κ3) is 4.82. The van der Waals surface area contributed by atoms with Crippen LogP contribution in [-0.2, 0) is 11.2 Å². The van der Waals surface area contributed by atoms with E-state index in [1.807, 2.05) is 0 Å². The molecule has 1 heterocycles. The monoisotopic (exact) mass is 374 g/mol. The first kappa shape index (κ1) is 18.4. The first-order chi connectivity index (χ1) is 12.5. The van der Waals surface area contributed by atoms with Gasteiger partial charge in [0.25, 0.3) is 5.91 Å². The summed E-state index contributed by atoms with van der Waals surface area (Å²) in [7, 11) is 0. The van der Waals surface area contributed by atoms with Crippen LogP contribution in [0.3, 0.4) is 0 Å². The zero-order valence-corrected chi connectivity index (χ0v) is 15.0. The summed E-state index contributed by atoms with van der Waals surface area (Å²) in [6.07, 6.45) is 1.64. The van der Waals surface area contributed by atoms with E-state index in [-0.39, 0.29) is 30.1 Å². The minimum atomic E-state index is -0.314. The van der Waals surface area contributed by atoms with Gasteiger partial charge in [0.2, 0.25) is 5.91 Å². The van der Waals surface area contributed by atoms with E-state index in [4.69, 9.17) is 11.6 Å². The summed E-state index contributed by atoms with van der Waals surface area (Å²) in [5.74, 6) is -0.439. The number of piperidine rings is 1. The number of nitrogens with zero attached hydrogens (tertiary/aromatic N) is 1. The fourth-order valence-electron chi connectivity index (χ4n) is 3.10. The van der Waals surface area contributed by atoms with Crippen molar-refractivity contribution in [2.45, 2.75) is 25.3 Å². The highest BCUT2D eigenvalue weighted by atomic mass is 35.5. The van der Waals surface area contributed by atoms with Crippen LogP contribution >= 0.6 is 11.6 Å². The Bertz CT molecular complexity index is 787. The Morgan fingerprint density at radius 3 is 2.46 bits per heavy atom. The molecule has 2 aromatic carbocycles. The van der Waals surface area contributed by atoms with E-state index in [2.05, 4.69) is 5.32 Å². The molecule has 1 aliphatic heterocycles. The minimum absolute atomic E-state index is 0.0383. The molecule has 1 N–H and O–H groups in total. The number of benzene rings is 2. The normalized spacial score (nSPS) is 14.9. The highest BCUT2D eigenvalue weighted by Gasteiger charge is 2.24. The molecule has 1 aliphatic rings. The molecular formula is C20H20ClFN2O2. The summed E-state index contributed by atoms with van der Waals surface area (Å²) in [6.45, 7) is 1.18. The largest absolute Gasteiger partial charge is 0.353 e. The van der Waals surface area contributed by atoms with Crippen molar-refractivity contribution in [1.82, 2.24) is 10.2 Å². The van der Waals surface area contributed by atoms with Gasteiger partial charge in [-0.2, -0.15) is 0 Å². The SMILES string of the molecule is O=C(Cc1ccc(F)cc1)NC1CCN(C(=O)c2cccc(Cl)c2)CC1. The van der Waals surface area contributed by atoms with Crippen molar-refractivity contribution in [2.24, 2.45) is 0 Å². The summed E-state index contributed by atoms with van der Waals surface area (Å²) < 4.78 is 12.9. The van der Waals surface area contributed by atoms with E-state index in [9.17, 15) is 14.0 Å². The lowest BCUT2D eigenvalue weighted by Gasteiger charge is -2.32.